The van der Waals surface area contributed by atoms with Gasteiger partial charge in [0, 0.05) is 13.2 Å². The van der Waals surface area contributed by atoms with Crippen LogP contribution in [0.4, 0.5) is 0 Å². The topological polar surface area (TPSA) is 68.2 Å². The van der Waals surface area contributed by atoms with Crippen LogP contribution >= 0.6 is 0 Å². The van der Waals surface area contributed by atoms with Crippen molar-refractivity contribution in [1.82, 2.24) is 0 Å². The first-order valence-corrected chi connectivity index (χ1v) is 6.43. The molecule has 1 aromatic carbocycles. The Morgan fingerprint density at radius 3 is 2.68 bits per heavy atom. The second kappa shape index (κ2) is 6.91. The van der Waals surface area contributed by atoms with Crippen LogP contribution in [-0.4, -0.2) is 43.6 Å². The Morgan fingerprint density at radius 2 is 2.05 bits per heavy atom. The smallest absolute Gasteiger partial charge is 0.488 e. The lowest BCUT2D eigenvalue weighted by Crippen LogP contribution is -2.34. The summed E-state index contributed by atoms with van der Waals surface area (Å²) in [6.45, 7) is 1.78. The van der Waals surface area contributed by atoms with E-state index < -0.39 is 7.12 Å². The second-order valence-electron chi connectivity index (χ2n) is 4.56. The first-order valence-electron chi connectivity index (χ1n) is 6.43. The maximum absolute atomic E-state index is 9.34. The normalized spacial score (nSPS) is 16.4. The molecule has 0 aromatic heterocycles. The summed E-state index contributed by atoms with van der Waals surface area (Å²) in [5, 5.41) is 18.7. The number of ether oxygens (including phenoxy) is 3. The molecule has 2 rings (SSSR count). The molecule has 0 atom stereocenters. The quantitative estimate of drug-likeness (QED) is 0.738. The van der Waals surface area contributed by atoms with Crippen LogP contribution < -0.4 is 10.2 Å². The minimum Gasteiger partial charge on any atom is -0.497 e. The third-order valence-electron chi connectivity index (χ3n) is 3.27. The van der Waals surface area contributed by atoms with Crippen LogP contribution in [0, 0.1) is 0 Å². The van der Waals surface area contributed by atoms with Gasteiger partial charge in [0.2, 0.25) is 0 Å². The molecule has 19 heavy (non-hydrogen) atoms. The molecule has 1 aromatic rings. The number of hydrogen-bond acceptors (Lipinski definition) is 5. The molecule has 0 radical (unpaired) electrons. The van der Waals surface area contributed by atoms with Crippen molar-refractivity contribution in [1.29, 1.82) is 0 Å². The van der Waals surface area contributed by atoms with Crippen molar-refractivity contribution in [3.8, 4) is 5.75 Å². The molecule has 1 heterocycles. The van der Waals surface area contributed by atoms with Gasteiger partial charge < -0.3 is 24.3 Å². The van der Waals surface area contributed by atoms with Gasteiger partial charge in [-0.15, -0.1) is 0 Å². The SMILES string of the molecule is COc1ccc(B(O)O)c(COC2CCOCC2)c1. The second-order valence-corrected chi connectivity index (χ2v) is 4.56. The van der Waals surface area contributed by atoms with E-state index in [9.17, 15) is 10.0 Å². The summed E-state index contributed by atoms with van der Waals surface area (Å²) < 4.78 is 16.2. The van der Waals surface area contributed by atoms with Crippen LogP contribution in [-0.2, 0) is 16.1 Å². The van der Waals surface area contributed by atoms with E-state index in [-0.39, 0.29) is 6.10 Å². The van der Waals surface area contributed by atoms with Crippen molar-refractivity contribution in [3.63, 3.8) is 0 Å². The predicted molar refractivity (Wildman–Crippen MR) is 71.4 cm³/mol. The van der Waals surface area contributed by atoms with Crippen LogP contribution in [0.15, 0.2) is 18.2 Å². The third kappa shape index (κ3) is 3.94. The molecule has 0 spiro atoms. The van der Waals surface area contributed by atoms with Crippen molar-refractivity contribution >= 4 is 12.6 Å². The van der Waals surface area contributed by atoms with Crippen LogP contribution in [0.3, 0.4) is 0 Å². The van der Waals surface area contributed by atoms with Crippen LogP contribution in [0.2, 0.25) is 0 Å². The lowest BCUT2D eigenvalue weighted by Gasteiger charge is -2.23. The summed E-state index contributed by atoms with van der Waals surface area (Å²) in [4.78, 5) is 0. The van der Waals surface area contributed by atoms with Crippen LogP contribution in [0.5, 0.6) is 5.75 Å². The monoisotopic (exact) mass is 266 g/mol. The molecule has 104 valence electrons. The molecular weight excluding hydrogens is 247 g/mol. The van der Waals surface area contributed by atoms with Gasteiger partial charge in [-0.25, -0.2) is 0 Å². The third-order valence-corrected chi connectivity index (χ3v) is 3.27. The molecule has 0 amide bonds. The Labute approximate surface area is 113 Å². The van der Waals surface area contributed by atoms with E-state index in [2.05, 4.69) is 0 Å². The molecule has 0 saturated carbocycles. The van der Waals surface area contributed by atoms with E-state index >= 15 is 0 Å². The first-order chi connectivity index (χ1) is 9.20. The van der Waals surface area contributed by atoms with Crippen LogP contribution in [0.25, 0.3) is 0 Å². The Bertz CT molecular complexity index is 404. The van der Waals surface area contributed by atoms with Gasteiger partial charge in [-0.2, -0.15) is 0 Å². The number of rotatable bonds is 5. The average molecular weight is 266 g/mol. The molecule has 1 saturated heterocycles. The van der Waals surface area contributed by atoms with Gasteiger partial charge in [0.1, 0.15) is 5.75 Å². The van der Waals surface area contributed by atoms with Gasteiger partial charge >= 0.3 is 7.12 Å². The molecule has 2 N–H and O–H groups in total. The molecule has 1 fully saturated rings. The van der Waals surface area contributed by atoms with Gasteiger partial charge in [0.15, 0.2) is 0 Å². The highest BCUT2D eigenvalue weighted by Crippen LogP contribution is 2.16. The number of hydrogen-bond donors (Lipinski definition) is 2. The minimum atomic E-state index is -1.50. The maximum atomic E-state index is 9.34. The Morgan fingerprint density at radius 1 is 1.32 bits per heavy atom. The highest BCUT2D eigenvalue weighted by Gasteiger charge is 2.19. The molecule has 0 aliphatic carbocycles. The number of benzene rings is 1. The molecule has 6 heteroatoms. The molecule has 1 aliphatic heterocycles. The summed E-state index contributed by atoms with van der Waals surface area (Å²) in [5.41, 5.74) is 1.19. The van der Waals surface area contributed by atoms with Crippen molar-refractivity contribution in [2.75, 3.05) is 20.3 Å². The maximum Gasteiger partial charge on any atom is 0.488 e. The fraction of sp³-hybridized carbons (Fsp3) is 0.538. The Kier molecular flexibility index (Phi) is 5.21. The zero-order valence-corrected chi connectivity index (χ0v) is 11.0. The van der Waals surface area contributed by atoms with Gasteiger partial charge in [0.05, 0.1) is 19.8 Å². The van der Waals surface area contributed by atoms with E-state index in [0.29, 0.717) is 17.8 Å². The molecule has 0 bridgehead atoms. The lowest BCUT2D eigenvalue weighted by atomic mass is 9.77. The highest BCUT2D eigenvalue weighted by molar-refractivity contribution is 6.59. The average Bonchev–Trinajstić information content (AvgIpc) is 2.45. The largest absolute Gasteiger partial charge is 0.497 e. The van der Waals surface area contributed by atoms with Gasteiger partial charge in [-0.05, 0) is 36.0 Å². The number of methoxy groups -OCH3 is 1. The van der Waals surface area contributed by atoms with E-state index in [1.54, 1.807) is 25.3 Å². The van der Waals surface area contributed by atoms with Gasteiger partial charge in [-0.3, -0.25) is 0 Å². The van der Waals surface area contributed by atoms with E-state index in [1.807, 2.05) is 0 Å². The molecule has 5 nitrogen and oxygen atoms in total. The van der Waals surface area contributed by atoms with Crippen molar-refractivity contribution in [2.24, 2.45) is 0 Å². The fourth-order valence-electron chi connectivity index (χ4n) is 2.14. The standard InChI is InChI=1S/C13H19BO5/c1-17-12-2-3-13(14(15)16)10(8-12)9-19-11-4-6-18-7-5-11/h2-3,8,11,15-16H,4-7,9H2,1H3. The summed E-state index contributed by atoms with van der Waals surface area (Å²) in [5.74, 6) is 0.676. The van der Waals surface area contributed by atoms with E-state index in [1.165, 1.54) is 0 Å². The zero-order chi connectivity index (χ0) is 13.7. The molecule has 0 unspecified atom stereocenters. The van der Waals surface area contributed by atoms with Crippen molar-refractivity contribution < 1.29 is 24.3 Å². The summed E-state index contributed by atoms with van der Waals surface area (Å²) in [6.07, 6.45) is 1.92. The first kappa shape index (κ1) is 14.3. The Hall–Kier alpha value is -1.08. The summed E-state index contributed by atoms with van der Waals surface area (Å²) in [6, 6.07) is 5.12. The van der Waals surface area contributed by atoms with Gasteiger partial charge in [0.25, 0.3) is 0 Å². The zero-order valence-electron chi connectivity index (χ0n) is 11.0. The minimum absolute atomic E-state index is 0.170. The van der Waals surface area contributed by atoms with Gasteiger partial charge in [-0.1, -0.05) is 6.07 Å². The summed E-state index contributed by atoms with van der Waals surface area (Å²) in [7, 11) is 0.0761. The fourth-order valence-corrected chi connectivity index (χ4v) is 2.14. The molecule has 1 aliphatic rings. The molecular formula is C13H19BO5. The highest BCUT2D eigenvalue weighted by atomic mass is 16.5. The van der Waals surface area contributed by atoms with Crippen LogP contribution in [0.1, 0.15) is 18.4 Å². The summed E-state index contributed by atoms with van der Waals surface area (Å²) >= 11 is 0. The van der Waals surface area contributed by atoms with E-state index in [4.69, 9.17) is 14.2 Å². The van der Waals surface area contributed by atoms with E-state index in [0.717, 1.165) is 31.6 Å². The van der Waals surface area contributed by atoms with Crippen molar-refractivity contribution in [2.45, 2.75) is 25.6 Å². The Balaban J connectivity index is 2.03. The lowest BCUT2D eigenvalue weighted by molar-refractivity contribution is -0.0389. The van der Waals surface area contributed by atoms with Crippen molar-refractivity contribution in [3.05, 3.63) is 23.8 Å². The predicted octanol–water partition coefficient (Wildman–Crippen LogP) is 0.0706.